The lowest BCUT2D eigenvalue weighted by molar-refractivity contribution is -0.00920. The first kappa shape index (κ1) is 15.3. The highest BCUT2D eigenvalue weighted by molar-refractivity contribution is 5.90. The first-order valence-corrected chi connectivity index (χ1v) is 8.53. The monoisotopic (exact) mass is 321 g/mol. The molecule has 0 saturated heterocycles. The van der Waals surface area contributed by atoms with Crippen LogP contribution in [0.1, 0.15) is 47.9 Å². The molecule has 4 heteroatoms. The molecule has 24 heavy (non-hydrogen) atoms. The number of hydrogen-bond donors (Lipinski definition) is 2. The van der Waals surface area contributed by atoms with Crippen LogP contribution >= 0.6 is 0 Å². The van der Waals surface area contributed by atoms with Crippen molar-refractivity contribution < 1.29 is 4.74 Å². The van der Waals surface area contributed by atoms with Crippen molar-refractivity contribution in [3.63, 3.8) is 0 Å². The largest absolute Gasteiger partial charge is 0.388 e. The summed E-state index contributed by atoms with van der Waals surface area (Å²) in [5.74, 6) is 0.402. The van der Waals surface area contributed by atoms with E-state index in [4.69, 9.17) is 10.1 Å². The number of anilines is 1. The van der Waals surface area contributed by atoms with Crippen LogP contribution in [0.5, 0.6) is 0 Å². The van der Waals surface area contributed by atoms with Gasteiger partial charge in [-0.15, -0.1) is 0 Å². The van der Waals surface area contributed by atoms with Crippen molar-refractivity contribution in [2.24, 2.45) is 0 Å². The minimum absolute atomic E-state index is 0.0728. The fourth-order valence-corrected chi connectivity index (χ4v) is 3.96. The Hall–Kier alpha value is -2.20. The Morgan fingerprint density at radius 3 is 2.79 bits per heavy atom. The van der Waals surface area contributed by atoms with Crippen LogP contribution < -0.4 is 5.32 Å². The predicted octanol–water partition coefficient (Wildman–Crippen LogP) is 4.26. The van der Waals surface area contributed by atoms with Crippen molar-refractivity contribution in [2.75, 3.05) is 12.4 Å². The minimum Gasteiger partial charge on any atom is -0.388 e. The summed E-state index contributed by atoms with van der Waals surface area (Å²) in [6.45, 7) is 4.97. The van der Waals surface area contributed by atoms with E-state index in [1.54, 1.807) is 0 Å². The molecule has 0 radical (unpaired) electrons. The Balaban J connectivity index is 1.85. The lowest BCUT2D eigenvalue weighted by atomic mass is 9.85. The summed E-state index contributed by atoms with van der Waals surface area (Å²) in [5.41, 5.74) is 7.94. The van der Waals surface area contributed by atoms with E-state index in [1.165, 1.54) is 17.3 Å². The van der Waals surface area contributed by atoms with Gasteiger partial charge >= 0.3 is 0 Å². The minimum atomic E-state index is 0.0728. The fraction of sp³-hybridized carbons (Fsp3) is 0.400. The fourth-order valence-electron chi connectivity index (χ4n) is 3.96. The molecule has 1 fully saturated rings. The van der Waals surface area contributed by atoms with E-state index >= 15 is 0 Å². The van der Waals surface area contributed by atoms with Crippen molar-refractivity contribution in [1.29, 1.82) is 5.41 Å². The van der Waals surface area contributed by atoms with Gasteiger partial charge in [-0.3, -0.25) is 4.98 Å². The number of nitrogens with zero attached hydrogens (tertiary/aromatic N) is 1. The molecule has 1 aromatic heterocycles. The first-order valence-electron chi connectivity index (χ1n) is 8.53. The van der Waals surface area contributed by atoms with Crippen molar-refractivity contribution in [1.82, 2.24) is 4.98 Å². The van der Waals surface area contributed by atoms with Crippen LogP contribution in [0.3, 0.4) is 0 Å². The number of rotatable bonds is 3. The third kappa shape index (κ3) is 2.17. The second-order valence-corrected chi connectivity index (χ2v) is 6.98. The van der Waals surface area contributed by atoms with E-state index in [-0.39, 0.29) is 5.60 Å². The van der Waals surface area contributed by atoms with E-state index in [1.807, 2.05) is 26.4 Å². The van der Waals surface area contributed by atoms with E-state index in [2.05, 4.69) is 29.4 Å². The maximum atomic E-state index is 7.64. The summed E-state index contributed by atoms with van der Waals surface area (Å²) in [6, 6.07) is 4.25. The van der Waals surface area contributed by atoms with Crippen molar-refractivity contribution >= 4 is 11.9 Å². The number of ether oxygens (including phenoxy) is 1. The predicted molar refractivity (Wildman–Crippen MR) is 97.0 cm³/mol. The van der Waals surface area contributed by atoms with Crippen LogP contribution in [0.4, 0.5) is 5.69 Å². The molecule has 2 aliphatic rings. The molecule has 4 rings (SSSR count). The van der Waals surface area contributed by atoms with Gasteiger partial charge in [0.05, 0.1) is 12.2 Å². The molecule has 1 aromatic carbocycles. The second kappa shape index (κ2) is 5.42. The molecule has 1 atom stereocenters. The molecule has 1 unspecified atom stereocenters. The molecule has 124 valence electrons. The van der Waals surface area contributed by atoms with Crippen molar-refractivity contribution in [3.05, 3.63) is 46.8 Å². The zero-order chi connectivity index (χ0) is 16.9. The van der Waals surface area contributed by atoms with Gasteiger partial charge in [0.25, 0.3) is 0 Å². The molecule has 0 amide bonds. The Labute approximate surface area is 142 Å². The van der Waals surface area contributed by atoms with E-state index in [9.17, 15) is 0 Å². The van der Waals surface area contributed by atoms with Crippen molar-refractivity contribution in [3.8, 4) is 11.1 Å². The normalized spacial score (nSPS) is 20.5. The highest BCUT2D eigenvalue weighted by atomic mass is 16.5. The number of pyridine rings is 1. The van der Waals surface area contributed by atoms with Gasteiger partial charge in [-0.2, -0.15) is 0 Å². The third-order valence-corrected chi connectivity index (χ3v) is 5.70. The zero-order valence-corrected chi connectivity index (χ0v) is 14.4. The van der Waals surface area contributed by atoms with E-state index in [0.29, 0.717) is 12.5 Å². The number of nitrogens with one attached hydrogen (secondary N) is 2. The van der Waals surface area contributed by atoms with Gasteiger partial charge in [0.2, 0.25) is 0 Å². The molecular weight excluding hydrogens is 298 g/mol. The highest BCUT2D eigenvalue weighted by Gasteiger charge is 2.52. The standard InChI is InChI=1S/C20H23N3O/c1-12-6-14(7-19(22-3)15(12)8-21)17-10-23-9-16-13(2)20(4-5-20)24-11-18(16)17/h6-10,13,21-22H,4-5,11H2,1-3H3. The number of fused-ring (bicyclic) bond motifs is 1. The summed E-state index contributed by atoms with van der Waals surface area (Å²) in [4.78, 5) is 4.53. The number of aromatic nitrogens is 1. The summed E-state index contributed by atoms with van der Waals surface area (Å²) in [7, 11) is 1.90. The molecule has 2 aromatic rings. The van der Waals surface area contributed by atoms with Gasteiger partial charge in [-0.25, -0.2) is 0 Å². The zero-order valence-electron chi connectivity index (χ0n) is 14.4. The Morgan fingerprint density at radius 1 is 1.33 bits per heavy atom. The van der Waals surface area contributed by atoms with Gasteiger partial charge in [-0.05, 0) is 48.1 Å². The van der Waals surface area contributed by atoms with E-state index < -0.39 is 0 Å². The smallest absolute Gasteiger partial charge is 0.0755 e. The molecule has 2 heterocycles. The Bertz CT molecular complexity index is 824. The summed E-state index contributed by atoms with van der Waals surface area (Å²) >= 11 is 0. The maximum Gasteiger partial charge on any atom is 0.0755 e. The average Bonchev–Trinajstić information content (AvgIpc) is 3.38. The summed E-state index contributed by atoms with van der Waals surface area (Å²) in [6.07, 6.45) is 7.69. The second-order valence-electron chi connectivity index (χ2n) is 6.98. The van der Waals surface area contributed by atoms with Crippen LogP contribution in [-0.4, -0.2) is 23.8 Å². The van der Waals surface area contributed by atoms with Gasteiger partial charge in [0.15, 0.2) is 0 Å². The first-order chi connectivity index (χ1) is 11.6. The van der Waals surface area contributed by atoms with Crippen LogP contribution in [0.2, 0.25) is 0 Å². The SMILES string of the molecule is CNc1cc(-c2cncc3c2COC2(CC2)C3C)cc(C)c1C=N. The van der Waals surface area contributed by atoms with Crippen LogP contribution in [0, 0.1) is 12.3 Å². The van der Waals surface area contributed by atoms with E-state index in [0.717, 1.165) is 40.8 Å². The van der Waals surface area contributed by atoms with Crippen molar-refractivity contribution in [2.45, 2.75) is 44.8 Å². The summed E-state index contributed by atoms with van der Waals surface area (Å²) < 4.78 is 6.23. The molecule has 4 nitrogen and oxygen atoms in total. The van der Waals surface area contributed by atoms with Gasteiger partial charge in [-0.1, -0.05) is 13.0 Å². The highest BCUT2D eigenvalue weighted by Crippen LogP contribution is 2.54. The van der Waals surface area contributed by atoms with Crippen LogP contribution in [-0.2, 0) is 11.3 Å². The summed E-state index contributed by atoms with van der Waals surface area (Å²) in [5, 5.41) is 10.8. The lowest BCUT2D eigenvalue weighted by Crippen LogP contribution is -2.28. The molecule has 1 aliphatic carbocycles. The lowest BCUT2D eigenvalue weighted by Gasteiger charge is -2.32. The third-order valence-electron chi connectivity index (χ3n) is 5.70. The van der Waals surface area contributed by atoms with Crippen LogP contribution in [0.25, 0.3) is 11.1 Å². The molecule has 1 aliphatic heterocycles. The molecule has 2 N–H and O–H groups in total. The molecule has 0 bridgehead atoms. The Morgan fingerprint density at radius 2 is 2.12 bits per heavy atom. The molecule has 1 spiro atoms. The van der Waals surface area contributed by atoms with Gasteiger partial charge in [0, 0.05) is 48.4 Å². The molecule has 1 saturated carbocycles. The Kier molecular flexibility index (Phi) is 3.46. The average molecular weight is 321 g/mol. The van der Waals surface area contributed by atoms with Gasteiger partial charge in [0.1, 0.15) is 0 Å². The molecular formula is C20H23N3O. The quantitative estimate of drug-likeness (QED) is 0.830. The topological polar surface area (TPSA) is 58.0 Å². The maximum absolute atomic E-state index is 7.64. The number of benzene rings is 1. The van der Waals surface area contributed by atoms with Crippen LogP contribution in [0.15, 0.2) is 24.5 Å². The number of hydrogen-bond acceptors (Lipinski definition) is 4. The number of aryl methyl sites for hydroxylation is 1. The van der Waals surface area contributed by atoms with Gasteiger partial charge < -0.3 is 15.5 Å².